The SMILES string of the molecule is CCNc1nc(NCCC(C)(C)C)c(Cl)cc1Cl. The van der Waals surface area contributed by atoms with E-state index < -0.39 is 0 Å². The summed E-state index contributed by atoms with van der Waals surface area (Å²) in [5.74, 6) is 1.35. The van der Waals surface area contributed by atoms with E-state index in [9.17, 15) is 0 Å². The molecule has 1 heterocycles. The van der Waals surface area contributed by atoms with Crippen LogP contribution in [0.1, 0.15) is 34.1 Å². The molecule has 0 aromatic carbocycles. The van der Waals surface area contributed by atoms with Gasteiger partial charge in [0, 0.05) is 13.1 Å². The van der Waals surface area contributed by atoms with Gasteiger partial charge in [-0.1, -0.05) is 44.0 Å². The lowest BCUT2D eigenvalue weighted by molar-refractivity contribution is 0.389. The molecular weight excluding hydrogens is 269 g/mol. The van der Waals surface area contributed by atoms with Crippen LogP contribution in [0.2, 0.25) is 10.0 Å². The molecule has 102 valence electrons. The van der Waals surface area contributed by atoms with Gasteiger partial charge in [-0.2, -0.15) is 0 Å². The Labute approximate surface area is 119 Å². The third-order valence-electron chi connectivity index (χ3n) is 2.44. The predicted octanol–water partition coefficient (Wildman–Crippen LogP) is 4.67. The van der Waals surface area contributed by atoms with Gasteiger partial charge in [0.05, 0.1) is 10.0 Å². The fraction of sp³-hybridized carbons (Fsp3) is 0.615. The summed E-state index contributed by atoms with van der Waals surface area (Å²) < 4.78 is 0. The maximum absolute atomic E-state index is 6.11. The number of rotatable bonds is 5. The molecule has 1 aromatic rings. The summed E-state index contributed by atoms with van der Waals surface area (Å²) in [6.45, 7) is 10.2. The van der Waals surface area contributed by atoms with Crippen molar-refractivity contribution in [2.45, 2.75) is 34.1 Å². The average Bonchev–Trinajstić information content (AvgIpc) is 2.23. The van der Waals surface area contributed by atoms with Gasteiger partial charge in [-0.15, -0.1) is 0 Å². The number of hydrogen-bond donors (Lipinski definition) is 2. The van der Waals surface area contributed by atoms with Gasteiger partial charge in [-0.25, -0.2) is 4.98 Å². The van der Waals surface area contributed by atoms with Crippen molar-refractivity contribution in [1.29, 1.82) is 0 Å². The van der Waals surface area contributed by atoms with Crippen LogP contribution in [0.4, 0.5) is 11.6 Å². The van der Waals surface area contributed by atoms with Crippen LogP contribution < -0.4 is 10.6 Å². The highest BCUT2D eigenvalue weighted by molar-refractivity contribution is 6.37. The standard InChI is InChI=1S/C13H21Cl2N3/c1-5-16-11-9(14)8-10(15)12(18-11)17-7-6-13(2,3)4/h8H,5-7H2,1-4H3,(H2,16,17,18). The fourth-order valence-electron chi connectivity index (χ4n) is 1.44. The van der Waals surface area contributed by atoms with Crippen molar-refractivity contribution in [2.75, 3.05) is 23.7 Å². The van der Waals surface area contributed by atoms with Crippen molar-refractivity contribution in [3.05, 3.63) is 16.1 Å². The first kappa shape index (κ1) is 15.4. The second kappa shape index (κ2) is 6.48. The highest BCUT2D eigenvalue weighted by Gasteiger charge is 2.12. The van der Waals surface area contributed by atoms with Gasteiger partial charge in [0.25, 0.3) is 0 Å². The molecule has 0 saturated carbocycles. The topological polar surface area (TPSA) is 37.0 Å². The quantitative estimate of drug-likeness (QED) is 0.827. The monoisotopic (exact) mass is 289 g/mol. The Bertz CT molecular complexity index is 400. The molecule has 0 amide bonds. The molecule has 1 rings (SSSR count). The third kappa shape index (κ3) is 4.91. The van der Waals surface area contributed by atoms with E-state index in [-0.39, 0.29) is 5.41 Å². The zero-order chi connectivity index (χ0) is 13.8. The minimum atomic E-state index is 0.288. The summed E-state index contributed by atoms with van der Waals surface area (Å²) in [6.07, 6.45) is 1.05. The van der Waals surface area contributed by atoms with Crippen molar-refractivity contribution >= 4 is 34.8 Å². The zero-order valence-corrected chi connectivity index (χ0v) is 12.9. The van der Waals surface area contributed by atoms with Crippen molar-refractivity contribution in [3.63, 3.8) is 0 Å². The van der Waals surface area contributed by atoms with Crippen molar-refractivity contribution in [1.82, 2.24) is 4.98 Å². The van der Waals surface area contributed by atoms with Crippen LogP contribution in [0.3, 0.4) is 0 Å². The summed E-state index contributed by atoms with van der Waals surface area (Å²) >= 11 is 12.2. The lowest BCUT2D eigenvalue weighted by Crippen LogP contribution is -2.14. The van der Waals surface area contributed by atoms with Crippen LogP contribution in [0.15, 0.2) is 6.07 Å². The molecule has 0 aliphatic heterocycles. The summed E-state index contributed by atoms with van der Waals surface area (Å²) in [5, 5.41) is 7.46. The van der Waals surface area contributed by atoms with E-state index in [0.717, 1.165) is 19.5 Å². The number of nitrogens with zero attached hydrogens (tertiary/aromatic N) is 1. The van der Waals surface area contributed by atoms with Crippen LogP contribution in [0, 0.1) is 5.41 Å². The molecule has 2 N–H and O–H groups in total. The number of pyridine rings is 1. The molecule has 0 saturated heterocycles. The minimum absolute atomic E-state index is 0.288. The molecule has 0 unspecified atom stereocenters. The summed E-state index contributed by atoms with van der Waals surface area (Å²) in [4.78, 5) is 4.40. The van der Waals surface area contributed by atoms with E-state index >= 15 is 0 Å². The van der Waals surface area contributed by atoms with Crippen molar-refractivity contribution in [3.8, 4) is 0 Å². The average molecular weight is 290 g/mol. The number of halogens is 2. The van der Waals surface area contributed by atoms with E-state index in [4.69, 9.17) is 23.2 Å². The predicted molar refractivity (Wildman–Crippen MR) is 81.0 cm³/mol. The highest BCUT2D eigenvalue weighted by Crippen LogP contribution is 2.29. The van der Waals surface area contributed by atoms with Crippen LogP contribution in [0.25, 0.3) is 0 Å². The number of anilines is 2. The van der Waals surface area contributed by atoms with E-state index in [1.54, 1.807) is 6.07 Å². The molecule has 0 spiro atoms. The first-order valence-electron chi connectivity index (χ1n) is 6.17. The van der Waals surface area contributed by atoms with Crippen molar-refractivity contribution < 1.29 is 0 Å². The first-order valence-corrected chi connectivity index (χ1v) is 6.93. The van der Waals surface area contributed by atoms with Gasteiger partial charge in [0.15, 0.2) is 0 Å². The number of nitrogens with one attached hydrogen (secondary N) is 2. The van der Waals surface area contributed by atoms with Gasteiger partial charge in [0.1, 0.15) is 11.6 Å². The normalized spacial score (nSPS) is 11.4. The second-order valence-electron chi connectivity index (χ2n) is 5.42. The molecule has 0 aliphatic carbocycles. The van der Waals surface area contributed by atoms with E-state index in [1.165, 1.54) is 0 Å². The fourth-order valence-corrected chi connectivity index (χ4v) is 1.93. The molecule has 0 fully saturated rings. The Morgan fingerprint density at radius 3 is 2.17 bits per heavy atom. The smallest absolute Gasteiger partial charge is 0.147 e. The van der Waals surface area contributed by atoms with E-state index in [2.05, 4.69) is 36.4 Å². The molecule has 0 atom stereocenters. The zero-order valence-electron chi connectivity index (χ0n) is 11.4. The molecule has 18 heavy (non-hydrogen) atoms. The Morgan fingerprint density at radius 2 is 1.67 bits per heavy atom. The van der Waals surface area contributed by atoms with Crippen LogP contribution in [-0.2, 0) is 0 Å². The molecule has 0 aliphatic rings. The van der Waals surface area contributed by atoms with E-state index in [0.29, 0.717) is 21.7 Å². The molecule has 3 nitrogen and oxygen atoms in total. The van der Waals surface area contributed by atoms with Gasteiger partial charge in [-0.3, -0.25) is 0 Å². The maximum Gasteiger partial charge on any atom is 0.147 e. The molecular formula is C13H21Cl2N3. The lowest BCUT2D eigenvalue weighted by Gasteiger charge is -2.19. The van der Waals surface area contributed by atoms with Crippen LogP contribution in [-0.4, -0.2) is 18.1 Å². The Balaban J connectivity index is 2.73. The largest absolute Gasteiger partial charge is 0.369 e. The lowest BCUT2D eigenvalue weighted by atomic mass is 9.92. The Kier molecular flexibility index (Phi) is 5.54. The Morgan fingerprint density at radius 1 is 1.11 bits per heavy atom. The van der Waals surface area contributed by atoms with E-state index in [1.807, 2.05) is 6.92 Å². The molecule has 1 aromatic heterocycles. The molecule has 0 bridgehead atoms. The molecule has 5 heteroatoms. The van der Waals surface area contributed by atoms with Crippen LogP contribution in [0.5, 0.6) is 0 Å². The summed E-state index contributed by atoms with van der Waals surface area (Å²) in [6, 6.07) is 1.72. The van der Waals surface area contributed by atoms with Gasteiger partial charge < -0.3 is 10.6 Å². The second-order valence-corrected chi connectivity index (χ2v) is 6.23. The maximum atomic E-state index is 6.11. The van der Waals surface area contributed by atoms with Gasteiger partial charge in [0.2, 0.25) is 0 Å². The summed E-state index contributed by atoms with van der Waals surface area (Å²) in [5.41, 5.74) is 0.288. The van der Waals surface area contributed by atoms with Gasteiger partial charge >= 0.3 is 0 Å². The van der Waals surface area contributed by atoms with Crippen molar-refractivity contribution in [2.24, 2.45) is 5.41 Å². The third-order valence-corrected chi connectivity index (χ3v) is 3.02. The molecule has 0 radical (unpaired) electrons. The van der Waals surface area contributed by atoms with Crippen LogP contribution >= 0.6 is 23.2 Å². The Hall–Kier alpha value is -0.670. The first-order chi connectivity index (χ1) is 8.33. The minimum Gasteiger partial charge on any atom is -0.369 e. The number of hydrogen-bond acceptors (Lipinski definition) is 3. The van der Waals surface area contributed by atoms with Gasteiger partial charge in [-0.05, 0) is 24.8 Å². The highest BCUT2D eigenvalue weighted by atomic mass is 35.5. The number of aromatic nitrogens is 1. The summed E-state index contributed by atoms with van der Waals surface area (Å²) in [7, 11) is 0.